The van der Waals surface area contributed by atoms with E-state index in [0.29, 0.717) is 29.1 Å². The number of fused-ring (bicyclic) bond motifs is 1. The summed E-state index contributed by atoms with van der Waals surface area (Å²) in [7, 11) is 0.806. The van der Waals surface area contributed by atoms with Crippen molar-refractivity contribution < 1.29 is 17.9 Å². The second-order valence-corrected chi connectivity index (χ2v) is 10.1. The van der Waals surface area contributed by atoms with Gasteiger partial charge in [-0.1, -0.05) is 36.4 Å². The first-order valence-corrected chi connectivity index (χ1v) is 12.9. The molecule has 0 unspecified atom stereocenters. The quantitative estimate of drug-likeness (QED) is 0.334. The third kappa shape index (κ3) is 4.81. The van der Waals surface area contributed by atoms with Crippen molar-refractivity contribution in [2.75, 3.05) is 4.72 Å². The van der Waals surface area contributed by atoms with Crippen molar-refractivity contribution in [1.82, 2.24) is 18.7 Å². The number of aryl methyl sites for hydroxylation is 3. The molecule has 0 spiro atoms. The molecule has 37 heavy (non-hydrogen) atoms. The van der Waals surface area contributed by atoms with Crippen molar-refractivity contribution in [3.63, 3.8) is 0 Å². The number of imidazole rings is 2. The third-order valence-corrected chi connectivity index (χ3v) is 7.28. The van der Waals surface area contributed by atoms with Gasteiger partial charge in [0.1, 0.15) is 18.1 Å². The lowest BCUT2D eigenvalue weighted by atomic mass is 10.2. The van der Waals surface area contributed by atoms with Crippen LogP contribution in [0.5, 0.6) is 17.2 Å². The highest BCUT2D eigenvalue weighted by Crippen LogP contribution is 2.36. The largest absolute Gasteiger partial charge is 0.489 e. The number of aromatic nitrogens is 4. The normalized spacial score (nSPS) is 11.5. The Bertz CT molecular complexity index is 1750. The van der Waals surface area contributed by atoms with Crippen LogP contribution in [0.1, 0.15) is 5.56 Å². The minimum atomic E-state index is -4.04. The molecule has 5 rings (SSSR count). The second-order valence-electron chi connectivity index (χ2n) is 8.52. The molecule has 0 aliphatic rings. The van der Waals surface area contributed by atoms with Gasteiger partial charge >= 0.3 is 5.69 Å². The van der Waals surface area contributed by atoms with Crippen molar-refractivity contribution in [2.45, 2.75) is 11.8 Å². The summed E-state index contributed by atoms with van der Waals surface area (Å²) < 4.78 is 45.1. The van der Waals surface area contributed by atoms with Gasteiger partial charge in [-0.3, -0.25) is 13.9 Å². The maximum atomic E-state index is 13.1. The molecule has 1 N–H and O–H groups in total. The van der Waals surface area contributed by atoms with Crippen molar-refractivity contribution in [3.8, 4) is 17.2 Å². The SMILES string of the molecule is Cn1ccnc1S(=O)(=O)Nc1cc2c(cc1Oc1cccc(OCc3ccccc3)c1)n(C)c(=O)n2C. The number of hydrogen-bond donors (Lipinski definition) is 1. The highest BCUT2D eigenvalue weighted by molar-refractivity contribution is 7.92. The number of hydrogen-bond acceptors (Lipinski definition) is 6. The van der Waals surface area contributed by atoms with Gasteiger partial charge in [-0.2, -0.15) is 8.42 Å². The zero-order valence-corrected chi connectivity index (χ0v) is 21.3. The number of benzene rings is 3. The fraction of sp³-hybridized carbons (Fsp3) is 0.154. The molecule has 0 amide bonds. The number of nitrogens with zero attached hydrogens (tertiary/aromatic N) is 4. The first-order chi connectivity index (χ1) is 17.7. The fourth-order valence-electron chi connectivity index (χ4n) is 3.99. The Morgan fingerprint density at radius 1 is 0.892 bits per heavy atom. The maximum absolute atomic E-state index is 13.1. The molecule has 0 fully saturated rings. The number of sulfonamides is 1. The van der Waals surface area contributed by atoms with E-state index in [1.807, 2.05) is 36.4 Å². The molecule has 2 heterocycles. The van der Waals surface area contributed by atoms with Crippen molar-refractivity contribution in [3.05, 3.63) is 95.2 Å². The van der Waals surface area contributed by atoms with Crippen LogP contribution in [0, 0.1) is 0 Å². The Kier molecular flexibility index (Phi) is 6.22. The van der Waals surface area contributed by atoms with E-state index in [0.717, 1.165) is 5.56 Å². The minimum Gasteiger partial charge on any atom is -0.489 e. The van der Waals surface area contributed by atoms with Gasteiger partial charge in [-0.15, -0.1) is 0 Å². The van der Waals surface area contributed by atoms with Gasteiger partial charge in [0.2, 0.25) is 5.16 Å². The average molecular weight is 520 g/mol. The first kappa shape index (κ1) is 24.2. The van der Waals surface area contributed by atoms with Crippen LogP contribution in [-0.4, -0.2) is 27.1 Å². The molecule has 190 valence electrons. The van der Waals surface area contributed by atoms with Gasteiger partial charge in [0.25, 0.3) is 10.0 Å². The van der Waals surface area contributed by atoms with E-state index in [4.69, 9.17) is 9.47 Å². The molecule has 0 aliphatic heterocycles. The Morgan fingerprint density at radius 2 is 1.59 bits per heavy atom. The fourth-order valence-corrected chi connectivity index (χ4v) is 5.17. The molecular weight excluding hydrogens is 494 g/mol. The molecule has 0 bridgehead atoms. The van der Waals surface area contributed by atoms with E-state index >= 15 is 0 Å². The van der Waals surface area contributed by atoms with Gasteiger partial charge in [-0.25, -0.2) is 9.78 Å². The lowest BCUT2D eigenvalue weighted by Gasteiger charge is -2.15. The molecule has 5 aromatic rings. The molecule has 0 aliphatic carbocycles. The maximum Gasteiger partial charge on any atom is 0.328 e. The van der Waals surface area contributed by atoms with Crippen LogP contribution in [-0.2, 0) is 37.8 Å². The Labute approximate surface area is 213 Å². The smallest absolute Gasteiger partial charge is 0.328 e. The number of ether oxygens (including phenoxy) is 2. The van der Waals surface area contributed by atoms with Crippen LogP contribution in [0.4, 0.5) is 5.69 Å². The van der Waals surface area contributed by atoms with Crippen molar-refractivity contribution in [1.29, 1.82) is 0 Å². The van der Waals surface area contributed by atoms with Crippen LogP contribution >= 0.6 is 0 Å². The van der Waals surface area contributed by atoms with E-state index in [2.05, 4.69) is 9.71 Å². The molecule has 3 aromatic carbocycles. The lowest BCUT2D eigenvalue weighted by molar-refractivity contribution is 0.304. The van der Waals surface area contributed by atoms with Gasteiger partial charge in [0.15, 0.2) is 5.75 Å². The molecule has 10 nitrogen and oxygen atoms in total. The summed E-state index contributed by atoms with van der Waals surface area (Å²) in [6, 6.07) is 20.0. The standard InChI is InChI=1S/C26H25N5O5S/c1-29-13-12-27-25(29)37(33,34)28-21-15-22-23(31(3)26(32)30(22)2)16-24(21)36-20-11-7-10-19(14-20)35-17-18-8-5-4-6-9-18/h4-16,28H,17H2,1-3H3. The zero-order chi connectivity index (χ0) is 26.2. The van der Waals surface area contributed by atoms with Crippen LogP contribution in [0.25, 0.3) is 11.0 Å². The average Bonchev–Trinajstić information content (AvgIpc) is 3.42. The lowest BCUT2D eigenvalue weighted by Crippen LogP contribution is -2.19. The van der Waals surface area contributed by atoms with E-state index in [1.54, 1.807) is 51.5 Å². The van der Waals surface area contributed by atoms with Gasteiger partial charge in [0.05, 0.1) is 16.7 Å². The molecule has 0 saturated carbocycles. The van der Waals surface area contributed by atoms with E-state index in [-0.39, 0.29) is 22.3 Å². The number of anilines is 1. The summed E-state index contributed by atoms with van der Waals surface area (Å²) in [6.07, 6.45) is 2.94. The first-order valence-electron chi connectivity index (χ1n) is 11.4. The van der Waals surface area contributed by atoms with Gasteiger partial charge < -0.3 is 14.0 Å². The van der Waals surface area contributed by atoms with Crippen LogP contribution in [0.3, 0.4) is 0 Å². The van der Waals surface area contributed by atoms with E-state index < -0.39 is 10.0 Å². The summed E-state index contributed by atoms with van der Waals surface area (Å²) in [6.45, 7) is 0.386. The van der Waals surface area contributed by atoms with Gasteiger partial charge in [-0.05, 0) is 23.8 Å². The number of nitrogens with one attached hydrogen (secondary N) is 1. The van der Waals surface area contributed by atoms with Crippen molar-refractivity contribution >= 4 is 26.7 Å². The van der Waals surface area contributed by atoms with Crippen LogP contribution in [0.2, 0.25) is 0 Å². The summed E-state index contributed by atoms with van der Waals surface area (Å²) in [4.78, 5) is 16.5. The second kappa shape index (κ2) is 9.51. The molecular formula is C26H25N5O5S. The predicted octanol–water partition coefficient (Wildman–Crippen LogP) is 3.78. The molecule has 2 aromatic heterocycles. The Balaban J connectivity index is 1.51. The summed E-state index contributed by atoms with van der Waals surface area (Å²) in [5.41, 5.74) is 2.06. The zero-order valence-electron chi connectivity index (χ0n) is 20.5. The van der Waals surface area contributed by atoms with E-state index in [1.165, 1.54) is 26.1 Å². The minimum absolute atomic E-state index is 0.156. The molecule has 0 atom stereocenters. The summed E-state index contributed by atoms with van der Waals surface area (Å²) in [5.74, 6) is 1.24. The molecule has 0 saturated heterocycles. The van der Waals surface area contributed by atoms with Crippen LogP contribution < -0.4 is 19.9 Å². The topological polar surface area (TPSA) is 109 Å². The Hall–Kier alpha value is -4.51. The highest BCUT2D eigenvalue weighted by Gasteiger charge is 2.23. The summed E-state index contributed by atoms with van der Waals surface area (Å²) >= 11 is 0. The Morgan fingerprint density at radius 3 is 2.30 bits per heavy atom. The third-order valence-electron chi connectivity index (χ3n) is 5.92. The monoisotopic (exact) mass is 519 g/mol. The number of rotatable bonds is 8. The highest BCUT2D eigenvalue weighted by atomic mass is 32.2. The summed E-state index contributed by atoms with van der Waals surface area (Å²) in [5, 5.41) is -0.156. The van der Waals surface area contributed by atoms with Crippen LogP contribution in [0.15, 0.2) is 89.1 Å². The molecule has 11 heteroatoms. The van der Waals surface area contributed by atoms with E-state index in [9.17, 15) is 13.2 Å². The van der Waals surface area contributed by atoms with Gasteiger partial charge in [0, 0.05) is 45.7 Å². The predicted molar refractivity (Wildman–Crippen MR) is 139 cm³/mol. The van der Waals surface area contributed by atoms with Crippen molar-refractivity contribution in [2.24, 2.45) is 21.1 Å². The molecule has 0 radical (unpaired) electrons.